The van der Waals surface area contributed by atoms with Gasteiger partial charge >= 0.3 is 0 Å². The Hall–Kier alpha value is -1.02. The number of likely N-dealkylation sites (N-methyl/N-ethyl adjacent to an activating group) is 1. The van der Waals surface area contributed by atoms with Gasteiger partial charge in [0.25, 0.3) is 0 Å². The normalized spacial score (nSPS) is 12.4. The maximum atomic E-state index is 3.67. The molecule has 0 aliphatic rings. The number of rotatable bonds is 9. The fourth-order valence-corrected chi connectivity index (χ4v) is 2.39. The minimum Gasteiger partial charge on any atom is -0.370 e. The van der Waals surface area contributed by atoms with Crippen molar-refractivity contribution in [2.24, 2.45) is 0 Å². The minimum atomic E-state index is 0.603. The van der Waals surface area contributed by atoms with Crippen LogP contribution >= 0.6 is 0 Å². The lowest BCUT2D eigenvalue weighted by atomic mass is 10.1. The number of hydrogen-bond acceptors (Lipinski definition) is 2. The molecular formula is C17H30N2. The van der Waals surface area contributed by atoms with Crippen LogP contribution in [0.15, 0.2) is 24.3 Å². The Morgan fingerprint density at radius 3 is 2.26 bits per heavy atom. The first kappa shape index (κ1) is 16.0. The molecule has 1 N–H and O–H groups in total. The van der Waals surface area contributed by atoms with Gasteiger partial charge in [0.1, 0.15) is 0 Å². The lowest BCUT2D eigenvalue weighted by Gasteiger charge is -2.29. The molecule has 19 heavy (non-hydrogen) atoms. The monoisotopic (exact) mass is 262 g/mol. The smallest absolute Gasteiger partial charge is 0.0366 e. The van der Waals surface area contributed by atoms with Gasteiger partial charge in [-0.1, -0.05) is 38.0 Å². The van der Waals surface area contributed by atoms with Crippen molar-refractivity contribution in [3.63, 3.8) is 0 Å². The van der Waals surface area contributed by atoms with E-state index in [1.54, 1.807) is 0 Å². The second kappa shape index (κ2) is 8.98. The van der Waals surface area contributed by atoms with Gasteiger partial charge in [0.05, 0.1) is 0 Å². The summed E-state index contributed by atoms with van der Waals surface area (Å²) in [6.07, 6.45) is 3.70. The molecule has 0 heterocycles. The van der Waals surface area contributed by atoms with Gasteiger partial charge in [-0.15, -0.1) is 0 Å². The molecule has 0 saturated heterocycles. The highest BCUT2D eigenvalue weighted by Gasteiger charge is 2.12. The molecule has 0 aromatic heterocycles. The van der Waals surface area contributed by atoms with Crippen molar-refractivity contribution in [2.75, 3.05) is 24.5 Å². The van der Waals surface area contributed by atoms with Gasteiger partial charge in [-0.25, -0.2) is 0 Å². The van der Waals surface area contributed by atoms with Crippen molar-refractivity contribution in [2.45, 2.75) is 53.0 Å². The Bertz CT molecular complexity index is 332. The standard InChI is InChI=1S/C17H30N2/c1-5-8-16(18-13-6-2)14-19(7-3)17-11-9-15(4)10-12-17/h9-12,16,18H,5-8,13-14H2,1-4H3. The number of anilines is 1. The Balaban J connectivity index is 2.64. The van der Waals surface area contributed by atoms with Crippen molar-refractivity contribution in [1.29, 1.82) is 0 Å². The van der Waals surface area contributed by atoms with Crippen LogP contribution in [0.5, 0.6) is 0 Å². The molecule has 0 aliphatic heterocycles. The molecule has 0 aliphatic carbocycles. The number of nitrogens with one attached hydrogen (secondary N) is 1. The lowest BCUT2D eigenvalue weighted by Crippen LogP contribution is -2.41. The first-order valence-electron chi connectivity index (χ1n) is 7.76. The second-order valence-corrected chi connectivity index (χ2v) is 5.31. The van der Waals surface area contributed by atoms with Crippen molar-refractivity contribution >= 4 is 5.69 Å². The fourth-order valence-electron chi connectivity index (χ4n) is 2.39. The van der Waals surface area contributed by atoms with Crippen LogP contribution < -0.4 is 10.2 Å². The molecule has 2 nitrogen and oxygen atoms in total. The summed E-state index contributed by atoms with van der Waals surface area (Å²) in [6, 6.07) is 9.48. The van der Waals surface area contributed by atoms with Gasteiger partial charge < -0.3 is 10.2 Å². The molecule has 0 radical (unpaired) electrons. The van der Waals surface area contributed by atoms with E-state index >= 15 is 0 Å². The molecule has 0 amide bonds. The quantitative estimate of drug-likeness (QED) is 0.724. The highest BCUT2D eigenvalue weighted by atomic mass is 15.1. The third kappa shape index (κ3) is 5.65. The zero-order valence-corrected chi connectivity index (χ0v) is 13.1. The van der Waals surface area contributed by atoms with E-state index in [1.165, 1.54) is 30.5 Å². The zero-order chi connectivity index (χ0) is 14.1. The van der Waals surface area contributed by atoms with Gasteiger partial charge in [-0.3, -0.25) is 0 Å². The van der Waals surface area contributed by atoms with E-state index in [9.17, 15) is 0 Å². The Labute approximate surface area is 119 Å². The summed E-state index contributed by atoms with van der Waals surface area (Å²) in [5.74, 6) is 0. The summed E-state index contributed by atoms with van der Waals surface area (Å²) in [7, 11) is 0. The van der Waals surface area contributed by atoms with Crippen LogP contribution in [0, 0.1) is 6.92 Å². The van der Waals surface area contributed by atoms with Crippen LogP contribution in [-0.4, -0.2) is 25.7 Å². The van der Waals surface area contributed by atoms with E-state index in [4.69, 9.17) is 0 Å². The first-order chi connectivity index (χ1) is 9.21. The van der Waals surface area contributed by atoms with E-state index in [2.05, 4.69) is 62.2 Å². The predicted octanol–water partition coefficient (Wildman–Crippen LogP) is 3.99. The lowest BCUT2D eigenvalue weighted by molar-refractivity contribution is 0.470. The molecule has 108 valence electrons. The fraction of sp³-hybridized carbons (Fsp3) is 0.647. The molecule has 0 spiro atoms. The van der Waals surface area contributed by atoms with Crippen LogP contribution in [0.3, 0.4) is 0 Å². The zero-order valence-electron chi connectivity index (χ0n) is 13.1. The van der Waals surface area contributed by atoms with Crippen molar-refractivity contribution in [3.8, 4) is 0 Å². The average molecular weight is 262 g/mol. The molecule has 1 unspecified atom stereocenters. The number of aryl methyl sites for hydroxylation is 1. The van der Waals surface area contributed by atoms with E-state index in [-0.39, 0.29) is 0 Å². The van der Waals surface area contributed by atoms with Gasteiger partial charge in [-0.2, -0.15) is 0 Å². The van der Waals surface area contributed by atoms with E-state index in [1.807, 2.05) is 0 Å². The summed E-state index contributed by atoms with van der Waals surface area (Å²) in [4.78, 5) is 2.47. The number of benzene rings is 1. The molecule has 1 aromatic rings. The van der Waals surface area contributed by atoms with Gasteiger partial charge in [-0.05, 0) is 45.4 Å². The van der Waals surface area contributed by atoms with Gasteiger partial charge in [0, 0.05) is 24.8 Å². The molecule has 1 aromatic carbocycles. The largest absolute Gasteiger partial charge is 0.370 e. The minimum absolute atomic E-state index is 0.603. The van der Waals surface area contributed by atoms with Crippen LogP contribution in [0.2, 0.25) is 0 Å². The average Bonchev–Trinajstić information content (AvgIpc) is 2.43. The second-order valence-electron chi connectivity index (χ2n) is 5.31. The van der Waals surface area contributed by atoms with Crippen molar-refractivity contribution in [3.05, 3.63) is 29.8 Å². The Kier molecular flexibility index (Phi) is 7.57. The molecule has 0 fully saturated rings. The highest BCUT2D eigenvalue weighted by molar-refractivity contribution is 5.47. The topological polar surface area (TPSA) is 15.3 Å². The molecule has 1 rings (SSSR count). The maximum Gasteiger partial charge on any atom is 0.0366 e. The molecule has 0 bridgehead atoms. The molecule has 0 saturated carbocycles. The van der Waals surface area contributed by atoms with Gasteiger partial charge in [0.2, 0.25) is 0 Å². The van der Waals surface area contributed by atoms with E-state index in [0.29, 0.717) is 6.04 Å². The Morgan fingerprint density at radius 1 is 1.05 bits per heavy atom. The summed E-state index contributed by atoms with van der Waals surface area (Å²) >= 11 is 0. The third-order valence-electron chi connectivity index (χ3n) is 3.54. The van der Waals surface area contributed by atoms with Crippen molar-refractivity contribution in [1.82, 2.24) is 5.32 Å². The summed E-state index contributed by atoms with van der Waals surface area (Å²) in [5.41, 5.74) is 2.67. The number of nitrogens with zero attached hydrogens (tertiary/aromatic N) is 1. The molecular weight excluding hydrogens is 232 g/mol. The molecule has 1 atom stereocenters. The highest BCUT2D eigenvalue weighted by Crippen LogP contribution is 2.16. The SMILES string of the molecule is CCCNC(CCC)CN(CC)c1ccc(C)cc1. The van der Waals surface area contributed by atoms with Crippen LogP contribution in [0.4, 0.5) is 5.69 Å². The van der Waals surface area contributed by atoms with Crippen LogP contribution in [0.25, 0.3) is 0 Å². The predicted molar refractivity (Wildman–Crippen MR) is 86.1 cm³/mol. The molecule has 2 heteroatoms. The van der Waals surface area contributed by atoms with Crippen molar-refractivity contribution < 1.29 is 0 Å². The summed E-state index contributed by atoms with van der Waals surface area (Å²) < 4.78 is 0. The van der Waals surface area contributed by atoms with Gasteiger partial charge in [0.15, 0.2) is 0 Å². The van der Waals surface area contributed by atoms with Crippen LogP contribution in [0.1, 0.15) is 45.6 Å². The maximum absolute atomic E-state index is 3.67. The summed E-state index contributed by atoms with van der Waals surface area (Å²) in [6.45, 7) is 12.2. The first-order valence-corrected chi connectivity index (χ1v) is 7.76. The van der Waals surface area contributed by atoms with E-state index < -0.39 is 0 Å². The number of hydrogen-bond donors (Lipinski definition) is 1. The third-order valence-corrected chi connectivity index (χ3v) is 3.54. The Morgan fingerprint density at radius 2 is 1.74 bits per heavy atom. The summed E-state index contributed by atoms with van der Waals surface area (Å²) in [5, 5.41) is 3.67. The van der Waals surface area contributed by atoms with E-state index in [0.717, 1.165) is 19.6 Å². The van der Waals surface area contributed by atoms with Crippen LogP contribution in [-0.2, 0) is 0 Å².